The van der Waals surface area contributed by atoms with Crippen LogP contribution in [0.25, 0.3) is 5.57 Å². The third-order valence-electron chi connectivity index (χ3n) is 5.45. The first-order valence-corrected chi connectivity index (χ1v) is 10.4. The Morgan fingerprint density at radius 1 is 0.794 bits per heavy atom. The van der Waals surface area contributed by atoms with Crippen LogP contribution in [0.2, 0.25) is 0 Å². The van der Waals surface area contributed by atoms with Crippen LogP contribution in [0.1, 0.15) is 11.1 Å². The highest BCUT2D eigenvalue weighted by atomic mass is 19.1. The number of carbonyl (C=O) groups is 2. The van der Waals surface area contributed by atoms with Gasteiger partial charge >= 0.3 is 0 Å². The van der Waals surface area contributed by atoms with Crippen molar-refractivity contribution in [2.45, 2.75) is 6.54 Å². The van der Waals surface area contributed by atoms with Crippen LogP contribution in [0.4, 0.5) is 10.1 Å². The van der Waals surface area contributed by atoms with Gasteiger partial charge in [-0.1, -0.05) is 24.3 Å². The molecule has 3 aromatic carbocycles. The predicted molar refractivity (Wildman–Crippen MR) is 125 cm³/mol. The summed E-state index contributed by atoms with van der Waals surface area (Å²) < 4.78 is 29.3. The van der Waals surface area contributed by atoms with Crippen molar-refractivity contribution < 1.29 is 28.2 Å². The van der Waals surface area contributed by atoms with E-state index in [0.29, 0.717) is 28.5 Å². The molecule has 0 radical (unpaired) electrons. The van der Waals surface area contributed by atoms with Crippen LogP contribution in [-0.2, 0) is 16.1 Å². The average Bonchev–Trinajstić information content (AvgIpc) is 3.09. The zero-order chi connectivity index (χ0) is 24.2. The van der Waals surface area contributed by atoms with Gasteiger partial charge in [0.1, 0.15) is 17.3 Å². The van der Waals surface area contributed by atoms with E-state index in [-0.39, 0.29) is 17.8 Å². The molecule has 0 saturated carbocycles. The third-order valence-corrected chi connectivity index (χ3v) is 5.45. The van der Waals surface area contributed by atoms with Gasteiger partial charge in [-0.05, 0) is 47.5 Å². The first-order chi connectivity index (χ1) is 16.4. The van der Waals surface area contributed by atoms with Crippen molar-refractivity contribution in [3.63, 3.8) is 0 Å². The maximum atomic E-state index is 13.5. The van der Waals surface area contributed by atoms with Crippen molar-refractivity contribution in [3.8, 4) is 17.2 Å². The fraction of sp³-hybridized carbons (Fsp3) is 0.154. The molecule has 1 aliphatic heterocycles. The zero-order valence-electron chi connectivity index (χ0n) is 18.9. The highest BCUT2D eigenvalue weighted by Crippen LogP contribution is 2.34. The molecule has 0 aliphatic carbocycles. The van der Waals surface area contributed by atoms with E-state index in [1.807, 2.05) is 0 Å². The lowest BCUT2D eigenvalue weighted by atomic mass is 10.0. The van der Waals surface area contributed by atoms with Crippen LogP contribution >= 0.6 is 0 Å². The number of hydrogen-bond acceptors (Lipinski definition) is 6. The lowest BCUT2D eigenvalue weighted by molar-refractivity contribution is -0.137. The lowest BCUT2D eigenvalue weighted by Gasteiger charge is -2.16. The minimum absolute atomic E-state index is 0.0729. The number of anilines is 1. The number of amides is 2. The molecule has 0 aromatic heterocycles. The summed E-state index contributed by atoms with van der Waals surface area (Å²) in [7, 11) is 4.59. The summed E-state index contributed by atoms with van der Waals surface area (Å²) in [4.78, 5) is 28.0. The number of hydrogen-bond donors (Lipinski definition) is 1. The zero-order valence-corrected chi connectivity index (χ0v) is 18.9. The summed E-state index contributed by atoms with van der Waals surface area (Å²) in [6.45, 7) is 0.0729. The Morgan fingerprint density at radius 3 is 2.09 bits per heavy atom. The summed E-state index contributed by atoms with van der Waals surface area (Å²) in [6.07, 6.45) is 0. The quantitative estimate of drug-likeness (QED) is 0.505. The van der Waals surface area contributed by atoms with Crippen LogP contribution in [-0.4, -0.2) is 38.0 Å². The predicted octanol–water partition coefficient (Wildman–Crippen LogP) is 4.24. The molecule has 0 unspecified atom stereocenters. The number of nitrogens with one attached hydrogen (secondary N) is 1. The van der Waals surface area contributed by atoms with Gasteiger partial charge in [0, 0.05) is 11.8 Å². The van der Waals surface area contributed by atoms with Gasteiger partial charge in [-0.3, -0.25) is 14.5 Å². The molecule has 1 N–H and O–H groups in total. The molecule has 7 nitrogen and oxygen atoms in total. The van der Waals surface area contributed by atoms with Crippen molar-refractivity contribution in [1.29, 1.82) is 0 Å². The Hall–Kier alpha value is -4.33. The second kappa shape index (κ2) is 9.66. The molecule has 0 saturated heterocycles. The molecule has 4 rings (SSSR count). The van der Waals surface area contributed by atoms with Gasteiger partial charge in [0.15, 0.2) is 11.5 Å². The summed E-state index contributed by atoms with van der Waals surface area (Å²) in [6, 6.07) is 17.6. The van der Waals surface area contributed by atoms with Crippen LogP contribution < -0.4 is 19.5 Å². The molecule has 0 bridgehead atoms. The molecule has 34 heavy (non-hydrogen) atoms. The van der Waals surface area contributed by atoms with Crippen LogP contribution in [0.15, 0.2) is 72.4 Å². The van der Waals surface area contributed by atoms with E-state index < -0.39 is 17.6 Å². The van der Waals surface area contributed by atoms with Gasteiger partial charge in [-0.15, -0.1) is 0 Å². The molecule has 3 aromatic rings. The number of benzene rings is 3. The van der Waals surface area contributed by atoms with Gasteiger partial charge in [0.2, 0.25) is 0 Å². The summed E-state index contributed by atoms with van der Waals surface area (Å²) in [5.74, 6) is 0.249. The van der Waals surface area contributed by atoms with Crippen molar-refractivity contribution >= 4 is 23.1 Å². The second-order valence-electron chi connectivity index (χ2n) is 7.50. The highest BCUT2D eigenvalue weighted by Gasteiger charge is 2.39. The maximum Gasteiger partial charge on any atom is 0.278 e. The van der Waals surface area contributed by atoms with Crippen molar-refractivity contribution in [2.75, 3.05) is 26.6 Å². The maximum absolute atomic E-state index is 13.5. The third kappa shape index (κ3) is 4.43. The monoisotopic (exact) mass is 462 g/mol. The van der Waals surface area contributed by atoms with Crippen molar-refractivity contribution in [3.05, 3.63) is 89.4 Å². The topological polar surface area (TPSA) is 77.1 Å². The molecule has 1 heterocycles. The van der Waals surface area contributed by atoms with Gasteiger partial charge in [-0.25, -0.2) is 4.39 Å². The van der Waals surface area contributed by atoms with Crippen LogP contribution in [0, 0.1) is 5.82 Å². The van der Waals surface area contributed by atoms with Crippen LogP contribution in [0.5, 0.6) is 17.2 Å². The largest absolute Gasteiger partial charge is 0.497 e. The number of methoxy groups -OCH3 is 3. The fourth-order valence-corrected chi connectivity index (χ4v) is 3.69. The first-order valence-electron chi connectivity index (χ1n) is 10.4. The molecule has 8 heteroatoms. The van der Waals surface area contributed by atoms with E-state index in [1.165, 1.54) is 38.5 Å². The Labute approximate surface area is 196 Å². The Morgan fingerprint density at radius 2 is 1.47 bits per heavy atom. The van der Waals surface area contributed by atoms with Gasteiger partial charge in [0.05, 0.1) is 33.4 Å². The SMILES string of the molecule is COc1ccc(CN2C(=O)C(Nc3ccc(OC)c(OC)c3)=C(c3ccc(F)cc3)C2=O)cc1. The molecular weight excluding hydrogens is 439 g/mol. The number of carbonyl (C=O) groups excluding carboxylic acids is 2. The molecule has 2 amide bonds. The Bertz CT molecular complexity index is 1250. The minimum atomic E-state index is -0.491. The molecule has 0 atom stereocenters. The van der Waals surface area contributed by atoms with Gasteiger partial charge in [-0.2, -0.15) is 0 Å². The fourth-order valence-electron chi connectivity index (χ4n) is 3.69. The van der Waals surface area contributed by atoms with Crippen molar-refractivity contribution in [2.24, 2.45) is 0 Å². The molecule has 0 spiro atoms. The Kier molecular flexibility index (Phi) is 6.49. The minimum Gasteiger partial charge on any atom is -0.497 e. The number of halogens is 1. The number of rotatable bonds is 8. The van der Waals surface area contributed by atoms with E-state index in [0.717, 1.165) is 10.5 Å². The highest BCUT2D eigenvalue weighted by molar-refractivity contribution is 6.36. The van der Waals surface area contributed by atoms with E-state index in [1.54, 1.807) is 49.6 Å². The first kappa shape index (κ1) is 22.8. The van der Waals surface area contributed by atoms with E-state index in [4.69, 9.17) is 14.2 Å². The smallest absolute Gasteiger partial charge is 0.278 e. The number of nitrogens with zero attached hydrogens (tertiary/aromatic N) is 1. The van der Waals surface area contributed by atoms with Crippen molar-refractivity contribution in [1.82, 2.24) is 4.90 Å². The summed E-state index contributed by atoms with van der Waals surface area (Å²) in [5, 5.41) is 3.06. The number of ether oxygens (including phenoxy) is 3. The normalized spacial score (nSPS) is 13.4. The van der Waals surface area contributed by atoms with Gasteiger partial charge < -0.3 is 19.5 Å². The number of imide groups is 1. The standard InChI is InChI=1S/C26H23FN2O5/c1-32-20-11-4-16(5-12-20)15-29-25(30)23(17-6-8-18(27)9-7-17)24(26(29)31)28-19-10-13-21(33-2)22(14-19)34-3/h4-14,28H,15H2,1-3H3. The van der Waals surface area contributed by atoms with Crippen LogP contribution in [0.3, 0.4) is 0 Å². The molecular formula is C26H23FN2O5. The van der Waals surface area contributed by atoms with E-state index in [9.17, 15) is 14.0 Å². The van der Waals surface area contributed by atoms with E-state index in [2.05, 4.69) is 5.32 Å². The summed E-state index contributed by atoms with van der Waals surface area (Å²) >= 11 is 0. The molecule has 0 fully saturated rings. The second-order valence-corrected chi connectivity index (χ2v) is 7.50. The lowest BCUT2D eigenvalue weighted by Crippen LogP contribution is -2.32. The van der Waals surface area contributed by atoms with E-state index >= 15 is 0 Å². The van der Waals surface area contributed by atoms with Gasteiger partial charge in [0.25, 0.3) is 11.8 Å². The Balaban J connectivity index is 1.71. The average molecular weight is 462 g/mol. The molecule has 1 aliphatic rings. The molecule has 174 valence electrons. The summed E-state index contributed by atoms with van der Waals surface area (Å²) in [5.41, 5.74) is 1.97.